The minimum absolute atomic E-state index is 0.0319. The minimum atomic E-state index is -0.997. The molecule has 0 radical (unpaired) electrons. The van der Waals surface area contributed by atoms with Gasteiger partial charge in [0.1, 0.15) is 0 Å². The number of ether oxygens (including phenoxy) is 1. The Morgan fingerprint density at radius 2 is 1.72 bits per heavy atom. The number of rotatable bonds is 7. The molecule has 0 fully saturated rings. The quantitative estimate of drug-likeness (QED) is 0.601. The largest absolute Gasteiger partial charge is 0.448 e. The van der Waals surface area contributed by atoms with Crippen molar-refractivity contribution in [3.05, 3.63) is 76.2 Å². The van der Waals surface area contributed by atoms with Gasteiger partial charge in [-0.2, -0.15) is 5.10 Å². The molecule has 3 aromatic rings. The number of hydrogen-bond donors (Lipinski definition) is 2. The Morgan fingerprint density at radius 1 is 1.07 bits per heavy atom. The summed E-state index contributed by atoms with van der Waals surface area (Å²) >= 11 is 0. The highest BCUT2D eigenvalue weighted by Gasteiger charge is 2.22. The third kappa shape index (κ3) is 4.68. The molecule has 1 heterocycles. The summed E-state index contributed by atoms with van der Waals surface area (Å²) in [5.74, 6) is -0.982. The first kappa shape index (κ1) is 20.3. The Balaban J connectivity index is 1.65. The van der Waals surface area contributed by atoms with Crippen LogP contribution in [0.4, 0.5) is 0 Å². The maximum Gasteiger partial charge on any atom is 0.360 e. The van der Waals surface area contributed by atoms with E-state index in [1.165, 1.54) is 6.92 Å². The zero-order chi connectivity index (χ0) is 20.8. The van der Waals surface area contributed by atoms with Gasteiger partial charge in [-0.15, -0.1) is 0 Å². The molecule has 0 aliphatic carbocycles. The maximum absolute atomic E-state index is 12.5. The number of nitrogens with zero attached hydrogens (tertiary/aromatic N) is 1. The van der Waals surface area contributed by atoms with Crippen molar-refractivity contribution in [1.82, 2.24) is 15.5 Å². The van der Waals surface area contributed by atoms with E-state index in [2.05, 4.69) is 22.4 Å². The van der Waals surface area contributed by atoms with Gasteiger partial charge in [0, 0.05) is 17.8 Å². The van der Waals surface area contributed by atoms with Crippen LogP contribution in [-0.2, 0) is 9.53 Å². The third-order valence-electron chi connectivity index (χ3n) is 4.83. The fourth-order valence-corrected chi connectivity index (χ4v) is 3.13. The number of nitrogens with one attached hydrogen (secondary N) is 2. The van der Waals surface area contributed by atoms with Gasteiger partial charge in [-0.3, -0.25) is 9.59 Å². The monoisotopic (exact) mass is 393 g/mol. The molecule has 2 atom stereocenters. The number of aromatic nitrogens is 2. The highest BCUT2D eigenvalue weighted by molar-refractivity contribution is 6.02. The van der Waals surface area contributed by atoms with Gasteiger partial charge in [0.15, 0.2) is 11.8 Å². The van der Waals surface area contributed by atoms with Crippen LogP contribution < -0.4 is 10.9 Å². The predicted octanol–water partition coefficient (Wildman–Crippen LogP) is 2.78. The average molecular weight is 393 g/mol. The van der Waals surface area contributed by atoms with Gasteiger partial charge in [-0.05, 0) is 25.0 Å². The first-order valence-corrected chi connectivity index (χ1v) is 9.52. The molecule has 7 nitrogen and oxygen atoms in total. The lowest BCUT2D eigenvalue weighted by Gasteiger charge is -2.18. The maximum atomic E-state index is 12.5. The lowest BCUT2D eigenvalue weighted by Crippen LogP contribution is -2.38. The van der Waals surface area contributed by atoms with Crippen LogP contribution in [0.3, 0.4) is 0 Å². The Morgan fingerprint density at radius 3 is 2.41 bits per heavy atom. The molecule has 1 aromatic heterocycles. The van der Waals surface area contributed by atoms with Crippen molar-refractivity contribution in [3.63, 3.8) is 0 Å². The van der Waals surface area contributed by atoms with Crippen LogP contribution in [0.2, 0.25) is 0 Å². The Labute approximate surface area is 168 Å². The number of H-pyrrole nitrogens is 1. The van der Waals surface area contributed by atoms with Crippen LogP contribution >= 0.6 is 0 Å². The van der Waals surface area contributed by atoms with Crippen molar-refractivity contribution in [2.24, 2.45) is 0 Å². The van der Waals surface area contributed by atoms with E-state index in [0.717, 1.165) is 12.0 Å². The van der Waals surface area contributed by atoms with E-state index in [1.807, 2.05) is 30.3 Å². The highest BCUT2D eigenvalue weighted by atomic mass is 16.5. The number of aromatic amines is 1. The Bertz CT molecular complexity index is 1060. The molecule has 0 aliphatic rings. The van der Waals surface area contributed by atoms with Gasteiger partial charge in [0.2, 0.25) is 0 Å². The summed E-state index contributed by atoms with van der Waals surface area (Å²) < 4.78 is 5.28. The molecule has 0 unspecified atom stereocenters. The average Bonchev–Trinajstić information content (AvgIpc) is 2.75. The molecular weight excluding hydrogens is 370 g/mol. The second-order valence-electron chi connectivity index (χ2n) is 6.76. The second-order valence-corrected chi connectivity index (χ2v) is 6.76. The fraction of sp³-hybridized carbons (Fsp3) is 0.273. The first-order chi connectivity index (χ1) is 14.0. The number of fused-ring (bicyclic) bond motifs is 1. The van der Waals surface area contributed by atoms with E-state index >= 15 is 0 Å². The molecule has 0 saturated carbocycles. The lowest BCUT2D eigenvalue weighted by molar-refractivity contribution is -0.129. The molecule has 0 spiro atoms. The van der Waals surface area contributed by atoms with Crippen LogP contribution in [0, 0.1) is 0 Å². The van der Waals surface area contributed by atoms with Gasteiger partial charge in [-0.25, -0.2) is 9.89 Å². The summed E-state index contributed by atoms with van der Waals surface area (Å²) in [6.07, 6.45) is -0.130. The molecule has 150 valence electrons. The third-order valence-corrected chi connectivity index (χ3v) is 4.83. The number of benzene rings is 2. The molecule has 0 aliphatic heterocycles. The van der Waals surface area contributed by atoms with Crippen LogP contribution in [0.1, 0.15) is 42.2 Å². The summed E-state index contributed by atoms with van der Waals surface area (Å²) in [5.41, 5.74) is 0.717. The van der Waals surface area contributed by atoms with Crippen LogP contribution in [-0.4, -0.2) is 34.7 Å². The number of amides is 1. The SMILES string of the molecule is CC[C@@H](CNC(=O)[C@H](C)OC(=O)c1n[nH]c(=O)c2ccccc12)c1ccccc1. The van der Waals surface area contributed by atoms with Crippen LogP contribution in [0.15, 0.2) is 59.4 Å². The van der Waals surface area contributed by atoms with Crippen molar-refractivity contribution >= 4 is 22.6 Å². The van der Waals surface area contributed by atoms with E-state index in [-0.39, 0.29) is 17.5 Å². The molecule has 2 aromatic carbocycles. The molecule has 7 heteroatoms. The van der Waals surface area contributed by atoms with E-state index in [4.69, 9.17) is 4.74 Å². The summed E-state index contributed by atoms with van der Waals surface area (Å²) in [5, 5.41) is 9.64. The summed E-state index contributed by atoms with van der Waals surface area (Å²) in [7, 11) is 0. The smallest absolute Gasteiger partial charge is 0.360 e. The Kier molecular flexibility index (Phi) is 6.39. The van der Waals surface area contributed by atoms with Crippen molar-refractivity contribution in [2.75, 3.05) is 6.54 Å². The first-order valence-electron chi connectivity index (χ1n) is 9.52. The highest BCUT2D eigenvalue weighted by Crippen LogP contribution is 2.18. The number of esters is 1. The second kappa shape index (κ2) is 9.14. The van der Waals surface area contributed by atoms with Crippen molar-refractivity contribution in [2.45, 2.75) is 32.3 Å². The molecule has 29 heavy (non-hydrogen) atoms. The summed E-state index contributed by atoms with van der Waals surface area (Å²) in [6, 6.07) is 16.5. The van der Waals surface area contributed by atoms with E-state index in [0.29, 0.717) is 17.3 Å². The summed E-state index contributed by atoms with van der Waals surface area (Å²) in [4.78, 5) is 36.8. The number of hydrogen-bond acceptors (Lipinski definition) is 5. The molecule has 0 saturated heterocycles. The molecule has 1 amide bonds. The van der Waals surface area contributed by atoms with Gasteiger partial charge in [0.25, 0.3) is 11.5 Å². The lowest BCUT2D eigenvalue weighted by atomic mass is 9.96. The van der Waals surface area contributed by atoms with Crippen molar-refractivity contribution in [1.29, 1.82) is 0 Å². The summed E-state index contributed by atoms with van der Waals surface area (Å²) in [6.45, 7) is 4.01. The zero-order valence-corrected chi connectivity index (χ0v) is 16.3. The van der Waals surface area contributed by atoms with E-state index in [1.54, 1.807) is 24.3 Å². The normalized spacial score (nSPS) is 12.9. The van der Waals surface area contributed by atoms with Gasteiger partial charge in [-0.1, -0.05) is 55.5 Å². The molecular formula is C22H23N3O4. The van der Waals surface area contributed by atoms with Crippen molar-refractivity contribution in [3.8, 4) is 0 Å². The van der Waals surface area contributed by atoms with Gasteiger partial charge in [0.05, 0.1) is 5.39 Å². The fourth-order valence-electron chi connectivity index (χ4n) is 3.13. The van der Waals surface area contributed by atoms with Gasteiger partial charge >= 0.3 is 5.97 Å². The Hall–Kier alpha value is -3.48. The minimum Gasteiger partial charge on any atom is -0.448 e. The van der Waals surface area contributed by atoms with E-state index in [9.17, 15) is 14.4 Å². The standard InChI is InChI=1S/C22H23N3O4/c1-3-15(16-9-5-4-6-10-16)13-23-20(26)14(2)29-22(28)19-17-11-7-8-12-18(17)21(27)25-24-19/h4-12,14-15H,3,13H2,1-2H3,(H,23,26)(H,25,27)/t14-,15-/m0/s1. The molecule has 0 bridgehead atoms. The van der Waals surface area contributed by atoms with Crippen LogP contribution in [0.5, 0.6) is 0 Å². The number of carbonyl (C=O) groups is 2. The molecule has 2 N–H and O–H groups in total. The zero-order valence-electron chi connectivity index (χ0n) is 16.3. The van der Waals surface area contributed by atoms with Crippen molar-refractivity contribution < 1.29 is 14.3 Å². The topological polar surface area (TPSA) is 101 Å². The van der Waals surface area contributed by atoms with E-state index < -0.39 is 17.6 Å². The van der Waals surface area contributed by atoms with Crippen LogP contribution in [0.25, 0.3) is 10.8 Å². The molecule has 3 rings (SSSR count). The van der Waals surface area contributed by atoms with Gasteiger partial charge < -0.3 is 10.1 Å². The predicted molar refractivity (Wildman–Crippen MR) is 110 cm³/mol. The number of carbonyl (C=O) groups excluding carboxylic acids is 2.